The molecule has 0 saturated heterocycles. The van der Waals surface area contributed by atoms with Crippen molar-refractivity contribution in [1.29, 1.82) is 0 Å². The molecule has 4 rings (SSSR count). The van der Waals surface area contributed by atoms with E-state index in [0.29, 0.717) is 18.0 Å². The Bertz CT molecular complexity index is 949. The molecule has 2 aromatic carbocycles. The minimum Gasteiger partial charge on any atom is -0.454 e. The van der Waals surface area contributed by atoms with Crippen molar-refractivity contribution < 1.29 is 4.42 Å². The van der Waals surface area contributed by atoms with Crippen molar-refractivity contribution in [3.63, 3.8) is 0 Å². The Morgan fingerprint density at radius 2 is 1.82 bits per heavy atom. The first-order valence-corrected chi connectivity index (χ1v) is 7.64. The molecule has 5 heteroatoms. The Morgan fingerprint density at radius 1 is 1.05 bits per heavy atom. The summed E-state index contributed by atoms with van der Waals surface area (Å²) in [6.45, 7) is 0.525. The third-order valence-corrected chi connectivity index (χ3v) is 4.24. The molecule has 0 fully saturated rings. The lowest BCUT2D eigenvalue weighted by atomic mass is 10.2. The van der Waals surface area contributed by atoms with Gasteiger partial charge in [-0.3, -0.25) is 4.79 Å². The van der Waals surface area contributed by atoms with Crippen LogP contribution in [-0.2, 0) is 6.54 Å². The van der Waals surface area contributed by atoms with Crippen LogP contribution in [0.2, 0.25) is 0 Å². The van der Waals surface area contributed by atoms with E-state index in [4.69, 9.17) is 4.42 Å². The summed E-state index contributed by atoms with van der Waals surface area (Å²) >= 11 is 1.17. The van der Waals surface area contributed by atoms with Gasteiger partial charge in [0.05, 0.1) is 6.54 Å². The van der Waals surface area contributed by atoms with E-state index in [9.17, 15) is 4.79 Å². The second-order valence-corrected chi connectivity index (χ2v) is 5.78. The number of aromatic nitrogens is 2. The number of furan rings is 1. The second-order valence-electron chi connectivity index (χ2n) is 5.00. The van der Waals surface area contributed by atoms with Crippen molar-refractivity contribution in [2.45, 2.75) is 6.54 Å². The Balaban J connectivity index is 1.73. The topological polar surface area (TPSA) is 48.0 Å². The molecule has 2 aromatic heterocycles. The average Bonchev–Trinajstić information content (AvgIpc) is 3.12. The minimum absolute atomic E-state index is 0.118. The van der Waals surface area contributed by atoms with E-state index in [1.165, 1.54) is 11.7 Å². The van der Waals surface area contributed by atoms with Crippen LogP contribution in [0.15, 0.2) is 69.9 Å². The number of nitrogens with zero attached hydrogens (tertiary/aromatic N) is 2. The summed E-state index contributed by atoms with van der Waals surface area (Å²) in [6, 6.07) is 19.4. The number of para-hydroxylation sites is 1. The van der Waals surface area contributed by atoms with Crippen molar-refractivity contribution in [1.82, 2.24) is 8.33 Å². The van der Waals surface area contributed by atoms with Gasteiger partial charge in [0.25, 0.3) is 5.56 Å². The number of fused-ring (bicyclic) bond motifs is 1. The van der Waals surface area contributed by atoms with Crippen LogP contribution in [0.3, 0.4) is 0 Å². The molecule has 0 aliphatic carbocycles. The van der Waals surface area contributed by atoms with Gasteiger partial charge in [0.2, 0.25) is 0 Å². The molecule has 0 radical (unpaired) electrons. The van der Waals surface area contributed by atoms with Gasteiger partial charge < -0.3 is 4.42 Å². The summed E-state index contributed by atoms with van der Waals surface area (Å²) in [7, 11) is 0. The monoisotopic (exact) mass is 308 g/mol. The fourth-order valence-electron chi connectivity index (χ4n) is 2.38. The molecule has 0 saturated carbocycles. The molecule has 0 bridgehead atoms. The maximum absolute atomic E-state index is 12.5. The first-order chi connectivity index (χ1) is 10.8. The summed E-state index contributed by atoms with van der Waals surface area (Å²) in [6.07, 6.45) is 0. The van der Waals surface area contributed by atoms with Gasteiger partial charge >= 0.3 is 0 Å². The zero-order chi connectivity index (χ0) is 14.9. The smallest absolute Gasteiger partial charge is 0.292 e. The Hall–Kier alpha value is -2.66. The summed E-state index contributed by atoms with van der Waals surface area (Å²) in [5.41, 5.74) is 2.09. The standard InChI is InChI=1S/C17H12N2O2S/c20-17-16(15-10-13-8-4-5-9-14(13)21-15)18-22-19(17)11-12-6-2-1-3-7-12/h1-10H,11H2. The van der Waals surface area contributed by atoms with Gasteiger partial charge in [-0.15, -0.1) is 0 Å². The summed E-state index contributed by atoms with van der Waals surface area (Å²) in [4.78, 5) is 12.5. The predicted molar refractivity (Wildman–Crippen MR) is 87.1 cm³/mol. The van der Waals surface area contributed by atoms with E-state index in [1.807, 2.05) is 60.7 Å². The summed E-state index contributed by atoms with van der Waals surface area (Å²) < 4.78 is 11.6. The van der Waals surface area contributed by atoms with Crippen LogP contribution in [0.5, 0.6) is 0 Å². The van der Waals surface area contributed by atoms with E-state index in [0.717, 1.165) is 16.5 Å². The van der Waals surface area contributed by atoms with E-state index in [-0.39, 0.29) is 5.56 Å². The van der Waals surface area contributed by atoms with Gasteiger partial charge in [-0.05, 0) is 17.7 Å². The molecule has 4 aromatic rings. The lowest BCUT2D eigenvalue weighted by molar-refractivity contribution is 0.628. The number of hydrogen-bond donors (Lipinski definition) is 0. The molecule has 108 valence electrons. The van der Waals surface area contributed by atoms with Crippen molar-refractivity contribution >= 4 is 22.7 Å². The molecule has 0 N–H and O–H groups in total. The van der Waals surface area contributed by atoms with Crippen LogP contribution in [0, 0.1) is 0 Å². The first-order valence-electron chi connectivity index (χ1n) is 6.91. The van der Waals surface area contributed by atoms with Crippen molar-refractivity contribution in [3.8, 4) is 11.5 Å². The number of hydrogen-bond acceptors (Lipinski definition) is 4. The molecule has 0 atom stereocenters. The molecule has 2 heterocycles. The normalized spacial score (nSPS) is 11.1. The molecule has 4 nitrogen and oxygen atoms in total. The average molecular weight is 308 g/mol. The van der Waals surface area contributed by atoms with Gasteiger partial charge in [0, 0.05) is 17.1 Å². The highest BCUT2D eigenvalue weighted by Crippen LogP contribution is 2.25. The van der Waals surface area contributed by atoms with Crippen molar-refractivity contribution in [2.24, 2.45) is 0 Å². The maximum Gasteiger partial charge on any atom is 0.292 e. The Morgan fingerprint density at radius 3 is 2.64 bits per heavy atom. The molecule has 0 aliphatic heterocycles. The van der Waals surface area contributed by atoms with Crippen LogP contribution in [-0.4, -0.2) is 8.33 Å². The Kier molecular flexibility index (Phi) is 3.12. The van der Waals surface area contributed by atoms with Crippen molar-refractivity contribution in [2.75, 3.05) is 0 Å². The van der Waals surface area contributed by atoms with Crippen LogP contribution >= 0.6 is 11.7 Å². The fourth-order valence-corrected chi connectivity index (χ4v) is 3.10. The van der Waals surface area contributed by atoms with Crippen LogP contribution in [0.25, 0.3) is 22.4 Å². The van der Waals surface area contributed by atoms with Gasteiger partial charge in [-0.1, -0.05) is 48.5 Å². The van der Waals surface area contributed by atoms with Gasteiger partial charge in [-0.25, -0.2) is 3.96 Å². The highest BCUT2D eigenvalue weighted by Gasteiger charge is 2.15. The molecule has 22 heavy (non-hydrogen) atoms. The number of rotatable bonds is 3. The van der Waals surface area contributed by atoms with Crippen LogP contribution < -0.4 is 5.56 Å². The van der Waals surface area contributed by atoms with Crippen LogP contribution in [0.4, 0.5) is 0 Å². The van der Waals surface area contributed by atoms with Gasteiger partial charge in [0.1, 0.15) is 5.58 Å². The highest BCUT2D eigenvalue weighted by molar-refractivity contribution is 7.00. The molecular weight excluding hydrogens is 296 g/mol. The molecule has 0 spiro atoms. The maximum atomic E-state index is 12.5. The van der Waals surface area contributed by atoms with Crippen molar-refractivity contribution in [3.05, 3.63) is 76.6 Å². The Labute approximate surface area is 130 Å². The van der Waals surface area contributed by atoms with E-state index < -0.39 is 0 Å². The number of benzene rings is 2. The molecule has 0 unspecified atom stereocenters. The minimum atomic E-state index is -0.118. The first kappa shape index (κ1) is 13.0. The summed E-state index contributed by atoms with van der Waals surface area (Å²) in [5, 5.41) is 0.972. The van der Waals surface area contributed by atoms with E-state index in [2.05, 4.69) is 4.37 Å². The summed E-state index contributed by atoms with van der Waals surface area (Å²) in [5.74, 6) is 0.522. The molecule has 0 aliphatic rings. The molecular formula is C17H12N2O2S. The predicted octanol–water partition coefficient (Wildman–Crippen LogP) is 3.77. The lowest BCUT2D eigenvalue weighted by Gasteiger charge is -1.98. The largest absolute Gasteiger partial charge is 0.454 e. The van der Waals surface area contributed by atoms with Gasteiger partial charge in [0.15, 0.2) is 11.5 Å². The van der Waals surface area contributed by atoms with E-state index in [1.54, 1.807) is 3.96 Å². The quantitative estimate of drug-likeness (QED) is 0.579. The highest BCUT2D eigenvalue weighted by atomic mass is 32.1. The fraction of sp³-hybridized carbons (Fsp3) is 0.0588. The molecule has 0 amide bonds. The van der Waals surface area contributed by atoms with Gasteiger partial charge in [-0.2, -0.15) is 4.37 Å². The zero-order valence-corrected chi connectivity index (χ0v) is 12.4. The zero-order valence-electron chi connectivity index (χ0n) is 11.6. The lowest BCUT2D eigenvalue weighted by Crippen LogP contribution is -2.15. The SMILES string of the molecule is O=c1c(-c2cc3ccccc3o2)nsn1Cc1ccccc1. The third kappa shape index (κ3) is 2.25. The van der Waals surface area contributed by atoms with Crippen LogP contribution in [0.1, 0.15) is 5.56 Å². The second kappa shape index (κ2) is 5.27. The third-order valence-electron chi connectivity index (χ3n) is 3.49. The van der Waals surface area contributed by atoms with E-state index >= 15 is 0 Å².